The van der Waals surface area contributed by atoms with E-state index in [1.165, 1.54) is 5.69 Å². The van der Waals surface area contributed by atoms with Gasteiger partial charge in [-0.2, -0.15) is 0 Å². The number of para-hydroxylation sites is 1. The van der Waals surface area contributed by atoms with Gasteiger partial charge in [0.05, 0.1) is 11.5 Å². The van der Waals surface area contributed by atoms with Crippen molar-refractivity contribution in [2.24, 2.45) is 0 Å². The number of nitrogens with zero attached hydrogens (tertiary/aromatic N) is 1. The second-order valence-corrected chi connectivity index (χ2v) is 6.16. The highest BCUT2D eigenvalue weighted by molar-refractivity contribution is 6.01. The summed E-state index contributed by atoms with van der Waals surface area (Å²) >= 11 is 0. The predicted molar refractivity (Wildman–Crippen MR) is 89.1 cm³/mol. The first kappa shape index (κ1) is 13.3. The van der Waals surface area contributed by atoms with Crippen molar-refractivity contribution in [3.63, 3.8) is 0 Å². The molecule has 2 nitrogen and oxygen atoms in total. The molecule has 110 valence electrons. The topological polar surface area (TPSA) is 20.3 Å². The van der Waals surface area contributed by atoms with Crippen LogP contribution in [0.3, 0.4) is 0 Å². The van der Waals surface area contributed by atoms with Crippen molar-refractivity contribution >= 4 is 11.5 Å². The van der Waals surface area contributed by atoms with Crippen LogP contribution < -0.4 is 4.90 Å². The quantitative estimate of drug-likeness (QED) is 0.834. The molecule has 1 spiro atoms. The van der Waals surface area contributed by atoms with Gasteiger partial charge in [-0.1, -0.05) is 54.6 Å². The van der Waals surface area contributed by atoms with Gasteiger partial charge < -0.3 is 4.90 Å². The first-order chi connectivity index (χ1) is 10.8. The lowest BCUT2D eigenvalue weighted by atomic mass is 9.79. The molecule has 2 heteroatoms. The lowest BCUT2D eigenvalue weighted by molar-refractivity contribution is -0.116. The van der Waals surface area contributed by atoms with Crippen molar-refractivity contribution in [3.05, 3.63) is 78.4 Å². The van der Waals surface area contributed by atoms with E-state index in [2.05, 4.69) is 47.4 Å². The SMILES string of the molecule is O=C1C=C[C@]2(CCCN2c2ccccc2)[C@@H]1c1ccccc1. The Kier molecular flexibility index (Phi) is 3.11. The molecule has 0 N–H and O–H groups in total. The number of rotatable bonds is 2. The van der Waals surface area contributed by atoms with Crippen LogP contribution in [0.15, 0.2) is 72.8 Å². The smallest absolute Gasteiger partial charge is 0.165 e. The van der Waals surface area contributed by atoms with Gasteiger partial charge in [-0.15, -0.1) is 0 Å². The van der Waals surface area contributed by atoms with Crippen LogP contribution in [-0.4, -0.2) is 17.9 Å². The van der Waals surface area contributed by atoms with Gasteiger partial charge in [-0.3, -0.25) is 4.79 Å². The minimum Gasteiger partial charge on any atom is -0.361 e. The van der Waals surface area contributed by atoms with Crippen LogP contribution in [-0.2, 0) is 4.79 Å². The molecule has 2 aromatic carbocycles. The van der Waals surface area contributed by atoms with E-state index in [-0.39, 0.29) is 17.2 Å². The van der Waals surface area contributed by atoms with Crippen LogP contribution in [0.2, 0.25) is 0 Å². The van der Waals surface area contributed by atoms with Crippen molar-refractivity contribution in [2.45, 2.75) is 24.3 Å². The summed E-state index contributed by atoms with van der Waals surface area (Å²) in [5, 5.41) is 0. The highest BCUT2D eigenvalue weighted by atomic mass is 16.1. The molecule has 2 aromatic rings. The van der Waals surface area contributed by atoms with Crippen LogP contribution in [0, 0.1) is 0 Å². The van der Waals surface area contributed by atoms with Crippen molar-refractivity contribution in [2.75, 3.05) is 11.4 Å². The molecule has 0 unspecified atom stereocenters. The molecule has 1 aliphatic carbocycles. The maximum atomic E-state index is 12.6. The van der Waals surface area contributed by atoms with Crippen LogP contribution in [0.1, 0.15) is 24.3 Å². The molecule has 1 saturated heterocycles. The van der Waals surface area contributed by atoms with Gasteiger partial charge in [-0.25, -0.2) is 0 Å². The molecule has 4 rings (SSSR count). The van der Waals surface area contributed by atoms with E-state index in [9.17, 15) is 4.79 Å². The summed E-state index contributed by atoms with van der Waals surface area (Å²) < 4.78 is 0. The van der Waals surface area contributed by atoms with E-state index in [4.69, 9.17) is 0 Å². The van der Waals surface area contributed by atoms with Gasteiger partial charge in [0.2, 0.25) is 0 Å². The lowest BCUT2D eigenvalue weighted by Crippen LogP contribution is -2.47. The first-order valence-corrected chi connectivity index (χ1v) is 7.92. The summed E-state index contributed by atoms with van der Waals surface area (Å²) in [5.41, 5.74) is 2.14. The van der Waals surface area contributed by atoms with Crippen LogP contribution >= 0.6 is 0 Å². The first-order valence-electron chi connectivity index (χ1n) is 7.92. The fraction of sp³-hybridized carbons (Fsp3) is 0.250. The third kappa shape index (κ3) is 1.91. The van der Waals surface area contributed by atoms with Gasteiger partial charge in [0.15, 0.2) is 5.78 Å². The Morgan fingerprint density at radius 2 is 1.64 bits per heavy atom. The fourth-order valence-electron chi connectivity index (χ4n) is 4.08. The van der Waals surface area contributed by atoms with Gasteiger partial charge >= 0.3 is 0 Å². The summed E-state index contributed by atoms with van der Waals surface area (Å²) in [7, 11) is 0. The summed E-state index contributed by atoms with van der Waals surface area (Å²) in [5.74, 6) is 0.144. The molecule has 0 saturated carbocycles. The standard InChI is InChI=1S/C20H19NO/c22-18-12-14-20(19(18)16-8-3-1-4-9-16)13-7-15-21(20)17-10-5-2-6-11-17/h1-6,8-12,14,19H,7,13,15H2/t19-,20-/m1/s1. The van der Waals surface area contributed by atoms with Gasteiger partial charge in [0.25, 0.3) is 0 Å². The fourth-order valence-corrected chi connectivity index (χ4v) is 4.08. The van der Waals surface area contributed by atoms with Gasteiger partial charge in [0.1, 0.15) is 0 Å². The molecule has 0 bridgehead atoms. The Bertz CT molecular complexity index is 707. The summed E-state index contributed by atoms with van der Waals surface area (Å²) in [6.45, 7) is 1.00. The molecule has 2 aliphatic rings. The zero-order chi connectivity index (χ0) is 15.0. The van der Waals surface area contributed by atoms with E-state index >= 15 is 0 Å². The molecular formula is C20H19NO. The molecule has 0 radical (unpaired) electrons. The van der Waals surface area contributed by atoms with Crippen LogP contribution in [0.4, 0.5) is 5.69 Å². The second kappa shape index (κ2) is 5.13. The van der Waals surface area contributed by atoms with Crippen LogP contribution in [0.5, 0.6) is 0 Å². The number of carbonyl (C=O) groups excluding carboxylic acids is 1. The average Bonchev–Trinajstić information content (AvgIpc) is 3.14. The third-order valence-corrected chi connectivity index (χ3v) is 4.98. The second-order valence-electron chi connectivity index (χ2n) is 6.16. The van der Waals surface area contributed by atoms with E-state index in [0.29, 0.717) is 0 Å². The van der Waals surface area contributed by atoms with Gasteiger partial charge in [-0.05, 0) is 36.6 Å². The number of allylic oxidation sites excluding steroid dienone is 1. The Labute approximate surface area is 131 Å². The van der Waals surface area contributed by atoms with Crippen LogP contribution in [0.25, 0.3) is 0 Å². The highest BCUT2D eigenvalue weighted by Gasteiger charge is 2.51. The number of carbonyl (C=O) groups is 1. The lowest BCUT2D eigenvalue weighted by Gasteiger charge is -2.40. The minimum absolute atomic E-state index is 0.0867. The molecular weight excluding hydrogens is 270 g/mol. The Balaban J connectivity index is 1.81. The number of hydrogen-bond acceptors (Lipinski definition) is 2. The zero-order valence-corrected chi connectivity index (χ0v) is 12.5. The predicted octanol–water partition coefficient (Wildman–Crippen LogP) is 3.95. The molecule has 0 amide bonds. The molecule has 2 atom stereocenters. The Hall–Kier alpha value is -2.35. The normalized spacial score (nSPS) is 27.0. The third-order valence-electron chi connectivity index (χ3n) is 4.98. The molecule has 1 fully saturated rings. The van der Waals surface area contributed by atoms with Crippen molar-refractivity contribution < 1.29 is 4.79 Å². The molecule has 1 heterocycles. The summed E-state index contributed by atoms with van der Waals surface area (Å²) in [6, 6.07) is 20.7. The maximum absolute atomic E-state index is 12.6. The average molecular weight is 289 g/mol. The summed E-state index contributed by atoms with van der Waals surface area (Å²) in [6.07, 6.45) is 6.09. The van der Waals surface area contributed by atoms with Crippen molar-refractivity contribution in [1.82, 2.24) is 0 Å². The Morgan fingerprint density at radius 3 is 2.36 bits per heavy atom. The zero-order valence-electron chi connectivity index (χ0n) is 12.5. The summed E-state index contributed by atoms with van der Waals surface area (Å²) in [4.78, 5) is 15.0. The maximum Gasteiger partial charge on any atom is 0.165 e. The largest absolute Gasteiger partial charge is 0.361 e. The monoisotopic (exact) mass is 289 g/mol. The Morgan fingerprint density at radius 1 is 0.955 bits per heavy atom. The molecule has 1 aliphatic heterocycles. The van der Waals surface area contributed by atoms with Crippen molar-refractivity contribution in [1.29, 1.82) is 0 Å². The van der Waals surface area contributed by atoms with E-state index in [1.54, 1.807) is 6.08 Å². The molecule has 22 heavy (non-hydrogen) atoms. The van der Waals surface area contributed by atoms with E-state index in [1.807, 2.05) is 24.3 Å². The number of hydrogen-bond donors (Lipinski definition) is 0. The van der Waals surface area contributed by atoms with Gasteiger partial charge in [0, 0.05) is 12.2 Å². The highest BCUT2D eigenvalue weighted by Crippen LogP contribution is 2.48. The van der Waals surface area contributed by atoms with E-state index in [0.717, 1.165) is 24.9 Å². The number of anilines is 1. The number of ketones is 1. The molecule has 0 aromatic heterocycles. The van der Waals surface area contributed by atoms with Crippen molar-refractivity contribution in [3.8, 4) is 0 Å². The number of benzene rings is 2. The van der Waals surface area contributed by atoms with E-state index < -0.39 is 0 Å². The minimum atomic E-state index is -0.195.